The fourth-order valence-electron chi connectivity index (χ4n) is 2.21. The van der Waals surface area contributed by atoms with Crippen LogP contribution in [0.4, 0.5) is 0 Å². The van der Waals surface area contributed by atoms with Crippen LogP contribution in [0, 0.1) is 20.8 Å². The van der Waals surface area contributed by atoms with Crippen molar-refractivity contribution in [3.05, 3.63) is 64.7 Å². The van der Waals surface area contributed by atoms with Gasteiger partial charge in [-0.25, -0.2) is 0 Å². The van der Waals surface area contributed by atoms with Crippen molar-refractivity contribution >= 4 is 0 Å². The fraction of sp³-hybridized carbons (Fsp3) is 0.333. The van der Waals surface area contributed by atoms with E-state index in [1.165, 1.54) is 16.7 Å². The maximum Gasteiger partial charge on any atom is 0.125 e. The maximum absolute atomic E-state index is 6.21. The van der Waals surface area contributed by atoms with Crippen LogP contribution in [0.1, 0.15) is 34.8 Å². The Bertz CT molecular complexity index is 560. The van der Waals surface area contributed by atoms with E-state index in [9.17, 15) is 0 Å². The number of hydrogen-bond donors (Lipinski definition) is 1. The molecule has 2 heteroatoms. The third kappa shape index (κ3) is 3.61. The Labute approximate surface area is 121 Å². The van der Waals surface area contributed by atoms with Crippen LogP contribution < -0.4 is 10.5 Å². The van der Waals surface area contributed by atoms with E-state index in [1.54, 1.807) is 0 Å². The first kappa shape index (κ1) is 14.6. The van der Waals surface area contributed by atoms with Crippen molar-refractivity contribution in [3.8, 4) is 5.75 Å². The average molecular weight is 269 g/mol. The molecule has 0 spiro atoms. The zero-order valence-electron chi connectivity index (χ0n) is 12.5. The molecule has 106 valence electrons. The van der Waals surface area contributed by atoms with Gasteiger partial charge in [0.2, 0.25) is 0 Å². The monoisotopic (exact) mass is 269 g/mol. The van der Waals surface area contributed by atoms with Crippen LogP contribution in [0.25, 0.3) is 0 Å². The number of benzene rings is 2. The lowest BCUT2D eigenvalue weighted by Gasteiger charge is -2.21. The van der Waals surface area contributed by atoms with Crippen molar-refractivity contribution in [1.82, 2.24) is 0 Å². The molecule has 0 aromatic heterocycles. The maximum atomic E-state index is 6.21. The van der Waals surface area contributed by atoms with Crippen LogP contribution in [0.15, 0.2) is 42.5 Å². The second-order valence-corrected chi connectivity index (χ2v) is 5.36. The smallest absolute Gasteiger partial charge is 0.125 e. The first-order valence-electron chi connectivity index (χ1n) is 7.10. The van der Waals surface area contributed by atoms with Crippen LogP contribution in [-0.2, 0) is 0 Å². The zero-order valence-corrected chi connectivity index (χ0v) is 12.5. The summed E-state index contributed by atoms with van der Waals surface area (Å²) in [5.74, 6) is 0.948. The minimum Gasteiger partial charge on any atom is -0.485 e. The molecule has 2 nitrogen and oxygen atoms in total. The van der Waals surface area contributed by atoms with Gasteiger partial charge in [0.15, 0.2) is 0 Å². The van der Waals surface area contributed by atoms with Gasteiger partial charge >= 0.3 is 0 Å². The molecule has 1 atom stereocenters. The Morgan fingerprint density at radius 1 is 0.950 bits per heavy atom. The van der Waals surface area contributed by atoms with Gasteiger partial charge in [0.25, 0.3) is 0 Å². The van der Waals surface area contributed by atoms with E-state index in [-0.39, 0.29) is 6.10 Å². The van der Waals surface area contributed by atoms with E-state index in [2.05, 4.69) is 63.2 Å². The van der Waals surface area contributed by atoms with Crippen LogP contribution in [0.3, 0.4) is 0 Å². The van der Waals surface area contributed by atoms with Gasteiger partial charge in [0.1, 0.15) is 11.9 Å². The molecule has 0 heterocycles. The lowest BCUT2D eigenvalue weighted by molar-refractivity contribution is 0.196. The summed E-state index contributed by atoms with van der Waals surface area (Å²) >= 11 is 0. The fourth-order valence-corrected chi connectivity index (χ4v) is 2.21. The molecule has 0 amide bonds. The van der Waals surface area contributed by atoms with Gasteiger partial charge in [-0.15, -0.1) is 0 Å². The Hall–Kier alpha value is -1.80. The van der Waals surface area contributed by atoms with E-state index in [0.29, 0.717) is 6.54 Å². The summed E-state index contributed by atoms with van der Waals surface area (Å²) < 4.78 is 6.21. The van der Waals surface area contributed by atoms with Gasteiger partial charge in [-0.05, 0) is 50.1 Å². The summed E-state index contributed by atoms with van der Waals surface area (Å²) in [5.41, 5.74) is 10.5. The SMILES string of the molecule is Cc1ccc(C(CCN)Oc2cc(C)ccc2C)cc1. The highest BCUT2D eigenvalue weighted by Gasteiger charge is 2.13. The molecule has 20 heavy (non-hydrogen) atoms. The number of rotatable bonds is 5. The molecule has 0 saturated heterocycles. The molecule has 2 N–H and O–H groups in total. The highest BCUT2D eigenvalue weighted by Crippen LogP contribution is 2.28. The molecular weight excluding hydrogens is 246 g/mol. The van der Waals surface area contributed by atoms with Crippen molar-refractivity contribution < 1.29 is 4.74 Å². The van der Waals surface area contributed by atoms with Gasteiger partial charge in [-0.1, -0.05) is 42.0 Å². The summed E-state index contributed by atoms with van der Waals surface area (Å²) in [6.07, 6.45) is 0.831. The summed E-state index contributed by atoms with van der Waals surface area (Å²) in [5, 5.41) is 0. The lowest BCUT2D eigenvalue weighted by Crippen LogP contribution is -2.13. The number of aryl methyl sites for hydroxylation is 3. The van der Waals surface area contributed by atoms with Gasteiger partial charge in [-0.2, -0.15) is 0 Å². The van der Waals surface area contributed by atoms with Crippen LogP contribution in [0.2, 0.25) is 0 Å². The molecular formula is C18H23NO. The third-order valence-corrected chi connectivity index (χ3v) is 3.49. The first-order valence-corrected chi connectivity index (χ1v) is 7.10. The van der Waals surface area contributed by atoms with Crippen molar-refractivity contribution in [1.29, 1.82) is 0 Å². The molecule has 0 bridgehead atoms. The molecule has 0 aliphatic carbocycles. The molecule has 0 radical (unpaired) electrons. The highest BCUT2D eigenvalue weighted by molar-refractivity contribution is 5.37. The molecule has 0 saturated carbocycles. The summed E-state index contributed by atoms with van der Waals surface area (Å²) in [6, 6.07) is 14.8. The van der Waals surface area contributed by atoms with E-state index in [4.69, 9.17) is 10.5 Å². The first-order chi connectivity index (χ1) is 9.60. The summed E-state index contributed by atoms with van der Waals surface area (Å²) in [4.78, 5) is 0. The predicted molar refractivity (Wildman–Crippen MR) is 84.1 cm³/mol. The van der Waals surface area contributed by atoms with E-state index >= 15 is 0 Å². The molecule has 2 rings (SSSR count). The quantitative estimate of drug-likeness (QED) is 0.887. The second-order valence-electron chi connectivity index (χ2n) is 5.36. The van der Waals surface area contributed by atoms with Gasteiger partial charge < -0.3 is 10.5 Å². The van der Waals surface area contributed by atoms with Crippen molar-refractivity contribution in [2.24, 2.45) is 5.73 Å². The van der Waals surface area contributed by atoms with Crippen LogP contribution in [0.5, 0.6) is 5.75 Å². The van der Waals surface area contributed by atoms with E-state index in [0.717, 1.165) is 17.7 Å². The largest absolute Gasteiger partial charge is 0.485 e. The second kappa shape index (κ2) is 6.58. The molecule has 2 aromatic rings. The number of hydrogen-bond acceptors (Lipinski definition) is 2. The minimum absolute atomic E-state index is 0.0149. The topological polar surface area (TPSA) is 35.2 Å². The highest BCUT2D eigenvalue weighted by atomic mass is 16.5. The predicted octanol–water partition coefficient (Wildman–Crippen LogP) is 4.08. The summed E-state index contributed by atoms with van der Waals surface area (Å²) in [7, 11) is 0. The van der Waals surface area contributed by atoms with Crippen molar-refractivity contribution in [2.45, 2.75) is 33.3 Å². The van der Waals surface area contributed by atoms with Gasteiger partial charge in [0.05, 0.1) is 0 Å². The lowest BCUT2D eigenvalue weighted by atomic mass is 10.0. The zero-order chi connectivity index (χ0) is 14.5. The standard InChI is InChI=1S/C18H23NO/c1-13-5-8-16(9-6-13)17(10-11-19)20-18-12-14(2)4-7-15(18)3/h4-9,12,17H,10-11,19H2,1-3H3. The molecule has 0 aliphatic heterocycles. The van der Waals surface area contributed by atoms with Gasteiger partial charge in [0, 0.05) is 6.42 Å². The normalized spacial score (nSPS) is 12.2. The average Bonchev–Trinajstić information content (AvgIpc) is 2.43. The van der Waals surface area contributed by atoms with E-state index in [1.807, 2.05) is 0 Å². The van der Waals surface area contributed by atoms with Crippen molar-refractivity contribution in [2.75, 3.05) is 6.54 Å². The van der Waals surface area contributed by atoms with E-state index < -0.39 is 0 Å². The van der Waals surface area contributed by atoms with Gasteiger partial charge in [-0.3, -0.25) is 0 Å². The molecule has 0 fully saturated rings. The Morgan fingerprint density at radius 2 is 1.60 bits per heavy atom. The molecule has 2 aromatic carbocycles. The minimum atomic E-state index is 0.0149. The van der Waals surface area contributed by atoms with Crippen molar-refractivity contribution in [3.63, 3.8) is 0 Å². The van der Waals surface area contributed by atoms with Crippen LogP contribution >= 0.6 is 0 Å². The number of ether oxygens (including phenoxy) is 1. The summed E-state index contributed by atoms with van der Waals surface area (Å²) in [6.45, 7) is 6.86. The Morgan fingerprint density at radius 3 is 2.25 bits per heavy atom. The molecule has 0 aliphatic rings. The van der Waals surface area contributed by atoms with Crippen LogP contribution in [-0.4, -0.2) is 6.54 Å². The Kier molecular flexibility index (Phi) is 4.80. The number of nitrogens with two attached hydrogens (primary N) is 1. The Balaban J connectivity index is 2.25. The third-order valence-electron chi connectivity index (χ3n) is 3.49. The molecule has 1 unspecified atom stereocenters.